The second-order valence-corrected chi connectivity index (χ2v) is 8.43. The molecule has 1 unspecified atom stereocenters. The first-order valence-corrected chi connectivity index (χ1v) is 10.9. The molecule has 3 heteroatoms. The Hall–Kier alpha value is -1.28. The summed E-state index contributed by atoms with van der Waals surface area (Å²) < 4.78 is 20.3. The minimum Gasteiger partial charge on any atom is -0.492 e. The Morgan fingerprint density at radius 3 is 2.56 bits per heavy atom. The molecule has 2 aliphatic carbocycles. The summed E-state index contributed by atoms with van der Waals surface area (Å²) in [5.41, 5.74) is 1.76. The molecule has 1 fully saturated rings. The van der Waals surface area contributed by atoms with Gasteiger partial charge in [0.1, 0.15) is 10.8 Å². The first-order valence-electron chi connectivity index (χ1n) is 10.6. The van der Waals surface area contributed by atoms with Crippen molar-refractivity contribution in [3.8, 4) is 5.75 Å². The molecule has 3 rings (SSSR count). The third kappa shape index (κ3) is 4.96. The SMILES string of the molecule is C/C=C/C1CCC(C2CC=C(c3ccc(OCCC)c(Cl)c3F)CC2)CC1. The molecule has 27 heavy (non-hydrogen) atoms. The minimum absolute atomic E-state index is 0.117. The van der Waals surface area contributed by atoms with Gasteiger partial charge >= 0.3 is 0 Å². The normalized spacial score (nSPS) is 26.2. The van der Waals surface area contributed by atoms with Crippen LogP contribution in [0.1, 0.15) is 70.8 Å². The molecule has 0 bridgehead atoms. The molecule has 0 aliphatic heterocycles. The molecule has 0 heterocycles. The summed E-state index contributed by atoms with van der Waals surface area (Å²) in [6.45, 7) is 4.70. The van der Waals surface area contributed by atoms with Gasteiger partial charge in [0.15, 0.2) is 5.82 Å². The largest absolute Gasteiger partial charge is 0.492 e. The van der Waals surface area contributed by atoms with Gasteiger partial charge in [0.25, 0.3) is 0 Å². The summed E-state index contributed by atoms with van der Waals surface area (Å²) in [7, 11) is 0. The molecule has 1 aromatic rings. The van der Waals surface area contributed by atoms with Gasteiger partial charge in [-0.2, -0.15) is 0 Å². The van der Waals surface area contributed by atoms with Crippen LogP contribution in [0.25, 0.3) is 5.57 Å². The minimum atomic E-state index is -0.332. The van der Waals surface area contributed by atoms with E-state index in [0.717, 1.165) is 49.0 Å². The fraction of sp³-hybridized carbons (Fsp3) is 0.583. The summed E-state index contributed by atoms with van der Waals surface area (Å²) >= 11 is 6.21. The van der Waals surface area contributed by atoms with Gasteiger partial charge in [-0.25, -0.2) is 4.39 Å². The first-order chi connectivity index (χ1) is 13.1. The van der Waals surface area contributed by atoms with E-state index in [0.29, 0.717) is 17.9 Å². The van der Waals surface area contributed by atoms with E-state index in [4.69, 9.17) is 16.3 Å². The lowest BCUT2D eigenvalue weighted by Crippen LogP contribution is -2.22. The van der Waals surface area contributed by atoms with E-state index >= 15 is 0 Å². The maximum absolute atomic E-state index is 14.8. The van der Waals surface area contributed by atoms with Crippen LogP contribution in [0.5, 0.6) is 5.75 Å². The number of rotatable bonds is 6. The van der Waals surface area contributed by atoms with Crippen LogP contribution in [0, 0.1) is 23.6 Å². The summed E-state index contributed by atoms with van der Waals surface area (Å²) in [6, 6.07) is 3.65. The van der Waals surface area contributed by atoms with Crippen molar-refractivity contribution < 1.29 is 9.13 Å². The molecular weight excluding hydrogens is 359 g/mol. The molecule has 0 aromatic heterocycles. The third-order valence-electron chi connectivity index (χ3n) is 6.25. The van der Waals surface area contributed by atoms with Crippen molar-refractivity contribution in [2.45, 2.75) is 65.2 Å². The van der Waals surface area contributed by atoms with E-state index in [2.05, 4.69) is 25.2 Å². The fourth-order valence-corrected chi connectivity index (χ4v) is 4.93. The Labute approximate surface area is 168 Å². The molecule has 0 radical (unpaired) electrons. The maximum atomic E-state index is 14.8. The second-order valence-electron chi connectivity index (χ2n) is 8.05. The van der Waals surface area contributed by atoms with Gasteiger partial charge in [0, 0.05) is 5.56 Å². The van der Waals surface area contributed by atoms with E-state index in [-0.39, 0.29) is 10.8 Å². The number of halogens is 2. The lowest BCUT2D eigenvalue weighted by Gasteiger charge is -2.35. The van der Waals surface area contributed by atoms with Gasteiger partial charge in [-0.15, -0.1) is 0 Å². The highest BCUT2D eigenvalue weighted by atomic mass is 35.5. The predicted octanol–water partition coefficient (Wildman–Crippen LogP) is 7.83. The average molecular weight is 391 g/mol. The highest BCUT2D eigenvalue weighted by Crippen LogP contribution is 2.43. The quantitative estimate of drug-likeness (QED) is 0.449. The zero-order valence-electron chi connectivity index (χ0n) is 16.6. The molecule has 0 amide bonds. The molecule has 2 aliphatic rings. The smallest absolute Gasteiger partial charge is 0.153 e. The molecule has 0 N–H and O–H groups in total. The van der Waals surface area contributed by atoms with Crippen LogP contribution in [-0.2, 0) is 0 Å². The van der Waals surface area contributed by atoms with Crippen molar-refractivity contribution >= 4 is 17.2 Å². The summed E-state index contributed by atoms with van der Waals surface area (Å²) in [5.74, 6) is 2.49. The van der Waals surface area contributed by atoms with Crippen LogP contribution in [0.4, 0.5) is 4.39 Å². The van der Waals surface area contributed by atoms with Crippen LogP contribution in [-0.4, -0.2) is 6.61 Å². The number of ether oxygens (including phenoxy) is 1. The van der Waals surface area contributed by atoms with Gasteiger partial charge < -0.3 is 4.74 Å². The molecule has 1 aromatic carbocycles. The standard InChI is InChI=1S/C24H32ClFO/c1-3-5-17-6-8-18(9-7-17)19-10-12-20(13-11-19)21-14-15-22(27-16-4-2)23(25)24(21)26/h3,5,12,14-15,17-19H,4,6-11,13,16H2,1-2H3/b5-3+. The van der Waals surface area contributed by atoms with Crippen molar-refractivity contribution in [2.75, 3.05) is 6.61 Å². The Kier molecular flexibility index (Phi) is 7.41. The van der Waals surface area contributed by atoms with Crippen LogP contribution < -0.4 is 4.74 Å². The molecule has 0 saturated heterocycles. The van der Waals surface area contributed by atoms with Gasteiger partial charge in [0.05, 0.1) is 6.61 Å². The van der Waals surface area contributed by atoms with Crippen LogP contribution in [0.15, 0.2) is 30.4 Å². The van der Waals surface area contributed by atoms with E-state index < -0.39 is 0 Å². The van der Waals surface area contributed by atoms with Crippen molar-refractivity contribution in [3.63, 3.8) is 0 Å². The van der Waals surface area contributed by atoms with E-state index in [1.165, 1.54) is 25.7 Å². The number of hydrogen-bond donors (Lipinski definition) is 0. The number of benzene rings is 1. The Morgan fingerprint density at radius 2 is 1.93 bits per heavy atom. The lowest BCUT2D eigenvalue weighted by molar-refractivity contribution is 0.212. The van der Waals surface area contributed by atoms with Crippen LogP contribution >= 0.6 is 11.6 Å². The highest BCUT2D eigenvalue weighted by molar-refractivity contribution is 6.32. The van der Waals surface area contributed by atoms with E-state index in [9.17, 15) is 4.39 Å². The van der Waals surface area contributed by atoms with Gasteiger partial charge in [-0.05, 0) is 93.7 Å². The van der Waals surface area contributed by atoms with Crippen molar-refractivity contribution in [3.05, 3.63) is 46.8 Å². The first kappa shape index (κ1) is 20.5. The zero-order valence-corrected chi connectivity index (χ0v) is 17.4. The van der Waals surface area contributed by atoms with Crippen molar-refractivity contribution in [1.29, 1.82) is 0 Å². The second kappa shape index (κ2) is 9.78. The topological polar surface area (TPSA) is 9.23 Å². The monoisotopic (exact) mass is 390 g/mol. The molecule has 1 atom stereocenters. The Bertz CT molecular complexity index is 686. The highest BCUT2D eigenvalue weighted by Gasteiger charge is 2.28. The molecule has 0 spiro atoms. The summed E-state index contributed by atoms with van der Waals surface area (Å²) in [6.07, 6.45) is 16.2. The summed E-state index contributed by atoms with van der Waals surface area (Å²) in [4.78, 5) is 0. The maximum Gasteiger partial charge on any atom is 0.153 e. The Balaban J connectivity index is 1.63. The van der Waals surface area contributed by atoms with Crippen LogP contribution in [0.2, 0.25) is 5.02 Å². The average Bonchev–Trinajstić information content (AvgIpc) is 2.70. The lowest BCUT2D eigenvalue weighted by atomic mass is 9.71. The molecule has 148 valence electrons. The number of allylic oxidation sites excluding steroid dienone is 4. The number of hydrogen-bond acceptors (Lipinski definition) is 1. The molecule has 1 saturated carbocycles. The Morgan fingerprint density at radius 1 is 1.15 bits per heavy atom. The van der Waals surface area contributed by atoms with Crippen molar-refractivity contribution in [1.82, 2.24) is 0 Å². The predicted molar refractivity (Wildman–Crippen MR) is 113 cm³/mol. The third-order valence-corrected chi connectivity index (χ3v) is 6.61. The molecule has 1 nitrogen and oxygen atoms in total. The molecular formula is C24H32ClFO. The van der Waals surface area contributed by atoms with Crippen molar-refractivity contribution in [2.24, 2.45) is 17.8 Å². The van der Waals surface area contributed by atoms with Gasteiger partial charge in [-0.1, -0.05) is 36.8 Å². The van der Waals surface area contributed by atoms with Gasteiger partial charge in [-0.3, -0.25) is 0 Å². The zero-order chi connectivity index (χ0) is 19.2. The van der Waals surface area contributed by atoms with Gasteiger partial charge in [0.2, 0.25) is 0 Å². The fourth-order valence-electron chi connectivity index (χ4n) is 4.71. The van der Waals surface area contributed by atoms with E-state index in [1.54, 1.807) is 0 Å². The van der Waals surface area contributed by atoms with Crippen LogP contribution in [0.3, 0.4) is 0 Å². The summed E-state index contributed by atoms with van der Waals surface area (Å²) in [5, 5.41) is 0.117. The van der Waals surface area contributed by atoms with E-state index in [1.807, 2.05) is 19.1 Å².